The van der Waals surface area contributed by atoms with E-state index in [1.807, 2.05) is 75.4 Å². The minimum atomic E-state index is -0.595. The van der Waals surface area contributed by atoms with E-state index in [4.69, 9.17) is 9.47 Å². The Hall–Kier alpha value is -2.87. The van der Waals surface area contributed by atoms with Crippen molar-refractivity contribution in [2.45, 2.75) is 51.7 Å². The van der Waals surface area contributed by atoms with Crippen LogP contribution in [0.4, 0.5) is 9.59 Å². The molecule has 2 heterocycles. The fourth-order valence-corrected chi connectivity index (χ4v) is 5.37. The molecule has 1 unspecified atom stereocenters. The average molecular weight is 557 g/mol. The van der Waals surface area contributed by atoms with E-state index in [9.17, 15) is 14.4 Å². The predicted octanol–water partition coefficient (Wildman–Crippen LogP) is 5.45. The highest BCUT2D eigenvalue weighted by Crippen LogP contribution is 2.32. The van der Waals surface area contributed by atoms with Crippen molar-refractivity contribution in [2.24, 2.45) is 11.8 Å². The number of amides is 3. The first-order chi connectivity index (χ1) is 17.1. The molecule has 0 bridgehead atoms. The number of cyclic esters (lactones) is 1. The molecule has 36 heavy (non-hydrogen) atoms. The molecule has 0 N–H and O–H groups in total. The van der Waals surface area contributed by atoms with Gasteiger partial charge in [0, 0.05) is 23.5 Å². The molecule has 0 saturated carbocycles. The third-order valence-corrected chi connectivity index (χ3v) is 7.11. The van der Waals surface area contributed by atoms with Gasteiger partial charge in [-0.05, 0) is 69.2 Å². The van der Waals surface area contributed by atoms with E-state index >= 15 is 0 Å². The summed E-state index contributed by atoms with van der Waals surface area (Å²) in [6.45, 7) is 6.61. The highest BCUT2D eigenvalue weighted by Gasteiger charge is 2.45. The van der Waals surface area contributed by atoms with Gasteiger partial charge in [-0.2, -0.15) is 0 Å². The van der Waals surface area contributed by atoms with E-state index < -0.39 is 17.6 Å². The Bertz CT molecular complexity index is 1100. The number of imide groups is 1. The first-order valence-electron chi connectivity index (χ1n) is 12.4. The van der Waals surface area contributed by atoms with Gasteiger partial charge < -0.3 is 14.4 Å². The van der Waals surface area contributed by atoms with Gasteiger partial charge in [-0.3, -0.25) is 4.79 Å². The molecule has 2 aromatic carbocycles. The monoisotopic (exact) mass is 556 g/mol. The lowest BCUT2D eigenvalue weighted by Crippen LogP contribution is -2.46. The molecule has 7 nitrogen and oxygen atoms in total. The van der Waals surface area contributed by atoms with Crippen LogP contribution < -0.4 is 0 Å². The molecular weight excluding hydrogens is 524 g/mol. The standard InChI is InChI=1S/C28H33BrN2O5/c1-28(2,3)36-26(33)30-13-12-21(17-30)24(16-20-10-7-11-22(29)14-20)25(32)31-23(18-35-27(31)34)15-19-8-5-4-6-9-19/h4-11,14,21,23-24H,12-13,15-18H2,1-3H3/t21-,23-,24?/m1/s1. The van der Waals surface area contributed by atoms with Crippen LogP contribution in [0.1, 0.15) is 38.3 Å². The van der Waals surface area contributed by atoms with Gasteiger partial charge in [0.05, 0.1) is 6.04 Å². The summed E-state index contributed by atoms with van der Waals surface area (Å²) in [5.41, 5.74) is 1.44. The summed E-state index contributed by atoms with van der Waals surface area (Å²) in [5, 5.41) is 0. The van der Waals surface area contributed by atoms with E-state index in [0.717, 1.165) is 15.6 Å². The third kappa shape index (κ3) is 6.46. The lowest BCUT2D eigenvalue weighted by atomic mass is 9.84. The van der Waals surface area contributed by atoms with Gasteiger partial charge in [0.1, 0.15) is 12.2 Å². The summed E-state index contributed by atoms with van der Waals surface area (Å²) in [7, 11) is 0. The van der Waals surface area contributed by atoms with E-state index in [2.05, 4.69) is 15.9 Å². The Morgan fingerprint density at radius 1 is 1.11 bits per heavy atom. The second-order valence-corrected chi connectivity index (χ2v) is 11.5. The molecule has 0 aliphatic carbocycles. The second kappa shape index (κ2) is 11.0. The van der Waals surface area contributed by atoms with Crippen LogP contribution in [0, 0.1) is 11.8 Å². The molecule has 192 valence electrons. The normalized spacial score (nSPS) is 20.8. The number of halogens is 1. The number of carbonyl (C=O) groups excluding carboxylic acids is 3. The molecule has 0 radical (unpaired) electrons. The molecule has 3 atom stereocenters. The molecular formula is C28H33BrN2O5. The summed E-state index contributed by atoms with van der Waals surface area (Å²) >= 11 is 3.51. The maximum absolute atomic E-state index is 14.0. The summed E-state index contributed by atoms with van der Waals surface area (Å²) in [5.74, 6) is -0.820. The van der Waals surface area contributed by atoms with Crippen LogP contribution in [0.25, 0.3) is 0 Å². The van der Waals surface area contributed by atoms with Crippen LogP contribution in [0.3, 0.4) is 0 Å². The predicted molar refractivity (Wildman–Crippen MR) is 139 cm³/mol. The van der Waals surface area contributed by atoms with Crippen molar-refractivity contribution < 1.29 is 23.9 Å². The number of ether oxygens (including phenoxy) is 2. The molecule has 2 aliphatic rings. The molecule has 8 heteroatoms. The Morgan fingerprint density at radius 3 is 2.53 bits per heavy atom. The van der Waals surface area contributed by atoms with Crippen molar-refractivity contribution in [3.05, 3.63) is 70.2 Å². The maximum atomic E-state index is 14.0. The Kier molecular flexibility index (Phi) is 8.03. The van der Waals surface area contributed by atoms with Gasteiger partial charge >= 0.3 is 12.2 Å². The van der Waals surface area contributed by atoms with Crippen molar-refractivity contribution in [2.75, 3.05) is 19.7 Å². The van der Waals surface area contributed by atoms with Crippen molar-refractivity contribution in [3.8, 4) is 0 Å². The van der Waals surface area contributed by atoms with E-state index in [1.165, 1.54) is 4.90 Å². The average Bonchev–Trinajstić information content (AvgIpc) is 3.44. The van der Waals surface area contributed by atoms with Crippen LogP contribution >= 0.6 is 15.9 Å². The van der Waals surface area contributed by atoms with Gasteiger partial charge in [0.15, 0.2) is 0 Å². The summed E-state index contributed by atoms with van der Waals surface area (Å²) < 4.78 is 11.8. The number of likely N-dealkylation sites (tertiary alicyclic amines) is 1. The first kappa shape index (κ1) is 26.2. The fraction of sp³-hybridized carbons (Fsp3) is 0.464. The van der Waals surface area contributed by atoms with Gasteiger partial charge in [0.2, 0.25) is 5.91 Å². The number of hydrogen-bond acceptors (Lipinski definition) is 5. The number of benzene rings is 2. The lowest BCUT2D eigenvalue weighted by Gasteiger charge is -2.29. The zero-order valence-corrected chi connectivity index (χ0v) is 22.6. The van der Waals surface area contributed by atoms with Crippen molar-refractivity contribution in [1.29, 1.82) is 0 Å². The highest BCUT2D eigenvalue weighted by molar-refractivity contribution is 9.10. The van der Waals surface area contributed by atoms with Crippen molar-refractivity contribution in [1.82, 2.24) is 9.80 Å². The molecule has 2 aromatic rings. The Morgan fingerprint density at radius 2 is 1.83 bits per heavy atom. The van der Waals surface area contributed by atoms with Crippen LogP contribution in [0.15, 0.2) is 59.1 Å². The number of hydrogen-bond donors (Lipinski definition) is 0. The molecule has 2 saturated heterocycles. The fourth-order valence-electron chi connectivity index (χ4n) is 4.93. The third-order valence-electron chi connectivity index (χ3n) is 6.62. The number of nitrogens with zero attached hydrogens (tertiary/aromatic N) is 2. The van der Waals surface area contributed by atoms with Crippen LogP contribution in [-0.2, 0) is 27.1 Å². The Balaban J connectivity index is 1.56. The van der Waals surface area contributed by atoms with E-state index in [0.29, 0.717) is 32.4 Å². The molecule has 0 spiro atoms. The van der Waals surface area contributed by atoms with Crippen LogP contribution in [0.5, 0.6) is 0 Å². The summed E-state index contributed by atoms with van der Waals surface area (Å²) in [6, 6.07) is 17.3. The SMILES string of the molecule is CC(C)(C)OC(=O)N1CC[C@@H](C(Cc2cccc(Br)c2)C(=O)N2C(=O)OC[C@H]2Cc2ccccc2)C1. The molecule has 0 aromatic heterocycles. The summed E-state index contributed by atoms with van der Waals surface area (Å²) in [6.07, 6.45) is 0.697. The molecule has 3 amide bonds. The summed E-state index contributed by atoms with van der Waals surface area (Å²) in [4.78, 5) is 42.5. The maximum Gasteiger partial charge on any atom is 0.416 e. The van der Waals surface area contributed by atoms with Crippen LogP contribution in [-0.4, -0.2) is 59.2 Å². The zero-order valence-electron chi connectivity index (χ0n) is 21.0. The topological polar surface area (TPSA) is 76.2 Å². The quantitative estimate of drug-likeness (QED) is 0.472. The zero-order chi connectivity index (χ0) is 25.9. The van der Waals surface area contributed by atoms with Gasteiger partial charge in [-0.1, -0.05) is 58.4 Å². The van der Waals surface area contributed by atoms with Crippen molar-refractivity contribution in [3.63, 3.8) is 0 Å². The second-order valence-electron chi connectivity index (χ2n) is 10.5. The van der Waals surface area contributed by atoms with E-state index in [-0.39, 0.29) is 30.6 Å². The number of rotatable bonds is 6. The molecule has 4 rings (SSSR count). The number of carbonyl (C=O) groups is 3. The molecule has 2 aliphatic heterocycles. The lowest BCUT2D eigenvalue weighted by molar-refractivity contribution is -0.135. The minimum Gasteiger partial charge on any atom is -0.447 e. The Labute approximate surface area is 220 Å². The van der Waals surface area contributed by atoms with Crippen molar-refractivity contribution >= 4 is 34.0 Å². The molecule has 2 fully saturated rings. The highest BCUT2D eigenvalue weighted by atomic mass is 79.9. The van der Waals surface area contributed by atoms with Crippen LogP contribution in [0.2, 0.25) is 0 Å². The van der Waals surface area contributed by atoms with Gasteiger partial charge in [-0.25, -0.2) is 14.5 Å². The largest absolute Gasteiger partial charge is 0.447 e. The van der Waals surface area contributed by atoms with Gasteiger partial charge in [0.25, 0.3) is 0 Å². The van der Waals surface area contributed by atoms with E-state index in [1.54, 1.807) is 4.90 Å². The first-order valence-corrected chi connectivity index (χ1v) is 13.2. The van der Waals surface area contributed by atoms with Gasteiger partial charge in [-0.15, -0.1) is 0 Å². The smallest absolute Gasteiger partial charge is 0.416 e. The minimum absolute atomic E-state index is 0.102.